The van der Waals surface area contributed by atoms with Crippen molar-refractivity contribution in [1.82, 2.24) is 0 Å². The second-order valence-electron chi connectivity index (χ2n) is 6.34. The highest BCUT2D eigenvalue weighted by Gasteiger charge is 2.34. The van der Waals surface area contributed by atoms with E-state index >= 15 is 0 Å². The van der Waals surface area contributed by atoms with E-state index in [1.807, 2.05) is 18.2 Å². The number of ether oxygens (including phenoxy) is 1. The van der Waals surface area contributed by atoms with Gasteiger partial charge < -0.3 is 9.84 Å². The van der Waals surface area contributed by atoms with Gasteiger partial charge in [0.2, 0.25) is 0 Å². The van der Waals surface area contributed by atoms with Crippen LogP contribution in [0.4, 0.5) is 0 Å². The molecule has 0 aliphatic heterocycles. The van der Waals surface area contributed by atoms with Gasteiger partial charge in [-0.25, -0.2) is 0 Å². The van der Waals surface area contributed by atoms with Crippen LogP contribution in [0, 0.1) is 11.8 Å². The van der Waals surface area contributed by atoms with E-state index in [0.29, 0.717) is 11.8 Å². The van der Waals surface area contributed by atoms with Gasteiger partial charge in [-0.2, -0.15) is 0 Å². The first-order chi connectivity index (χ1) is 10.1. The molecule has 4 heteroatoms. The standard InChI is InChI=1S/C17H21BrO3/c18-15-8-13(14(9-17(19)20)12-4-5-12)6-7-16(15)21-10-11-2-1-3-11/h6-8,11-12,14H,1-5,9-10H2,(H,19,20). The van der Waals surface area contributed by atoms with Crippen LogP contribution in [0.1, 0.15) is 50.0 Å². The van der Waals surface area contributed by atoms with Gasteiger partial charge in [0.15, 0.2) is 0 Å². The molecular weight excluding hydrogens is 332 g/mol. The minimum absolute atomic E-state index is 0.138. The van der Waals surface area contributed by atoms with Crippen LogP contribution < -0.4 is 4.74 Å². The first-order valence-corrected chi connectivity index (χ1v) is 8.57. The summed E-state index contributed by atoms with van der Waals surface area (Å²) in [4.78, 5) is 11.0. The number of carbonyl (C=O) groups is 1. The summed E-state index contributed by atoms with van der Waals surface area (Å²) in [5, 5.41) is 9.09. The van der Waals surface area contributed by atoms with Crippen molar-refractivity contribution in [2.24, 2.45) is 11.8 Å². The number of rotatable bonds is 7. The number of carboxylic acids is 1. The number of aliphatic carboxylic acids is 1. The molecule has 3 nitrogen and oxygen atoms in total. The van der Waals surface area contributed by atoms with Crippen molar-refractivity contribution in [3.8, 4) is 5.75 Å². The molecule has 21 heavy (non-hydrogen) atoms. The van der Waals surface area contributed by atoms with Gasteiger partial charge >= 0.3 is 5.97 Å². The molecule has 1 N–H and O–H groups in total. The minimum atomic E-state index is -0.715. The van der Waals surface area contributed by atoms with Gasteiger partial charge in [0.25, 0.3) is 0 Å². The molecule has 1 atom stereocenters. The van der Waals surface area contributed by atoms with E-state index in [1.54, 1.807) is 0 Å². The van der Waals surface area contributed by atoms with E-state index in [2.05, 4.69) is 15.9 Å². The van der Waals surface area contributed by atoms with E-state index in [1.165, 1.54) is 19.3 Å². The van der Waals surface area contributed by atoms with E-state index in [0.717, 1.165) is 35.2 Å². The quantitative estimate of drug-likeness (QED) is 0.780. The predicted octanol–water partition coefficient (Wildman–Crippen LogP) is 4.60. The number of hydrogen-bond donors (Lipinski definition) is 1. The third-order valence-electron chi connectivity index (χ3n) is 4.67. The van der Waals surface area contributed by atoms with Gasteiger partial charge in [-0.3, -0.25) is 4.79 Å². The van der Waals surface area contributed by atoms with Crippen molar-refractivity contribution < 1.29 is 14.6 Å². The summed E-state index contributed by atoms with van der Waals surface area (Å²) in [6, 6.07) is 6.06. The summed E-state index contributed by atoms with van der Waals surface area (Å²) < 4.78 is 6.81. The Morgan fingerprint density at radius 3 is 2.62 bits per heavy atom. The van der Waals surface area contributed by atoms with E-state index in [9.17, 15) is 4.79 Å². The normalized spacial score (nSPS) is 19.9. The van der Waals surface area contributed by atoms with Gasteiger partial charge in [-0.1, -0.05) is 12.5 Å². The molecule has 0 bridgehead atoms. The van der Waals surface area contributed by atoms with Crippen molar-refractivity contribution in [3.05, 3.63) is 28.2 Å². The lowest BCUT2D eigenvalue weighted by Crippen LogP contribution is -2.19. The summed E-state index contributed by atoms with van der Waals surface area (Å²) in [7, 11) is 0. The van der Waals surface area contributed by atoms with Crippen molar-refractivity contribution in [3.63, 3.8) is 0 Å². The average Bonchev–Trinajstić information content (AvgIpc) is 3.20. The highest BCUT2D eigenvalue weighted by atomic mass is 79.9. The SMILES string of the molecule is O=C(O)CC(c1ccc(OCC2CCC2)c(Br)c1)C1CC1. The lowest BCUT2D eigenvalue weighted by molar-refractivity contribution is -0.137. The first kappa shape index (κ1) is 14.9. The van der Waals surface area contributed by atoms with Gasteiger partial charge in [0, 0.05) is 0 Å². The van der Waals surface area contributed by atoms with Crippen LogP contribution in [0.2, 0.25) is 0 Å². The second-order valence-corrected chi connectivity index (χ2v) is 7.19. The molecule has 1 aromatic rings. The Balaban J connectivity index is 1.67. The Morgan fingerprint density at radius 1 is 1.33 bits per heavy atom. The fraction of sp³-hybridized carbons (Fsp3) is 0.588. The molecule has 1 aromatic carbocycles. The van der Waals surface area contributed by atoms with Gasteiger partial charge in [-0.15, -0.1) is 0 Å². The second kappa shape index (κ2) is 6.39. The maximum Gasteiger partial charge on any atom is 0.303 e. The van der Waals surface area contributed by atoms with Crippen LogP contribution >= 0.6 is 15.9 Å². The predicted molar refractivity (Wildman–Crippen MR) is 84.7 cm³/mol. The monoisotopic (exact) mass is 352 g/mol. The minimum Gasteiger partial charge on any atom is -0.492 e. The molecule has 0 saturated heterocycles. The Morgan fingerprint density at radius 2 is 2.10 bits per heavy atom. The third kappa shape index (κ3) is 3.79. The van der Waals surface area contributed by atoms with E-state index in [4.69, 9.17) is 9.84 Å². The summed E-state index contributed by atoms with van der Waals surface area (Å²) in [6.07, 6.45) is 6.40. The smallest absolute Gasteiger partial charge is 0.303 e. The molecular formula is C17H21BrO3. The maximum absolute atomic E-state index is 11.0. The zero-order valence-corrected chi connectivity index (χ0v) is 13.6. The molecule has 2 aliphatic carbocycles. The Labute approximate surface area is 133 Å². The largest absolute Gasteiger partial charge is 0.492 e. The molecule has 3 rings (SSSR count). The highest BCUT2D eigenvalue weighted by molar-refractivity contribution is 9.10. The number of hydrogen-bond acceptors (Lipinski definition) is 2. The van der Waals surface area contributed by atoms with Crippen LogP contribution in [-0.4, -0.2) is 17.7 Å². The van der Waals surface area contributed by atoms with E-state index < -0.39 is 5.97 Å². The number of benzene rings is 1. The molecule has 1 unspecified atom stereocenters. The van der Waals surface area contributed by atoms with Crippen LogP contribution in [0.3, 0.4) is 0 Å². The van der Waals surface area contributed by atoms with Gasteiger partial charge in [0.05, 0.1) is 17.5 Å². The average molecular weight is 353 g/mol. The fourth-order valence-corrected chi connectivity index (χ4v) is 3.49. The van der Waals surface area contributed by atoms with Gasteiger partial charge in [0.1, 0.15) is 5.75 Å². The van der Waals surface area contributed by atoms with Crippen LogP contribution in [0.25, 0.3) is 0 Å². The third-order valence-corrected chi connectivity index (χ3v) is 5.29. The Hall–Kier alpha value is -1.03. The summed E-state index contributed by atoms with van der Waals surface area (Å²) in [5.74, 6) is 1.54. The number of carboxylic acid groups (broad SMARTS) is 1. The molecule has 114 valence electrons. The zero-order chi connectivity index (χ0) is 14.8. The Kier molecular flexibility index (Phi) is 4.53. The summed E-state index contributed by atoms with van der Waals surface area (Å²) in [5.41, 5.74) is 1.11. The summed E-state index contributed by atoms with van der Waals surface area (Å²) in [6.45, 7) is 0.791. The van der Waals surface area contributed by atoms with Crippen molar-refractivity contribution in [2.45, 2.75) is 44.4 Å². The molecule has 0 radical (unpaired) electrons. The molecule has 0 aromatic heterocycles. The molecule has 2 aliphatic rings. The fourth-order valence-electron chi connectivity index (χ4n) is 2.98. The molecule has 2 saturated carbocycles. The number of halogens is 1. The first-order valence-electron chi connectivity index (χ1n) is 7.77. The van der Waals surface area contributed by atoms with Gasteiger partial charge in [-0.05, 0) is 77.1 Å². The van der Waals surface area contributed by atoms with Crippen LogP contribution in [-0.2, 0) is 4.79 Å². The topological polar surface area (TPSA) is 46.5 Å². The summed E-state index contributed by atoms with van der Waals surface area (Å²) >= 11 is 3.57. The van der Waals surface area contributed by atoms with Crippen molar-refractivity contribution in [2.75, 3.05) is 6.61 Å². The molecule has 0 heterocycles. The van der Waals surface area contributed by atoms with Crippen molar-refractivity contribution >= 4 is 21.9 Å². The Bertz CT molecular complexity index is 521. The lowest BCUT2D eigenvalue weighted by atomic mass is 9.86. The van der Waals surface area contributed by atoms with Crippen molar-refractivity contribution in [1.29, 1.82) is 0 Å². The van der Waals surface area contributed by atoms with Crippen LogP contribution in [0.5, 0.6) is 5.75 Å². The molecule has 0 amide bonds. The maximum atomic E-state index is 11.0. The zero-order valence-electron chi connectivity index (χ0n) is 12.1. The molecule has 2 fully saturated rings. The lowest BCUT2D eigenvalue weighted by Gasteiger charge is -2.25. The van der Waals surface area contributed by atoms with E-state index in [-0.39, 0.29) is 12.3 Å². The molecule has 0 spiro atoms. The van der Waals surface area contributed by atoms with Crippen LogP contribution in [0.15, 0.2) is 22.7 Å². The highest BCUT2D eigenvalue weighted by Crippen LogP contribution is 2.45.